The van der Waals surface area contributed by atoms with Crippen molar-refractivity contribution >= 4 is 39.3 Å². The fourth-order valence-electron chi connectivity index (χ4n) is 2.98. The Morgan fingerprint density at radius 1 is 0.962 bits per heavy atom. The molecule has 1 aromatic heterocycles. The Morgan fingerprint density at radius 2 is 1.73 bits per heavy atom. The number of benzene rings is 3. The summed E-state index contributed by atoms with van der Waals surface area (Å²) in [6, 6.07) is 21.0. The summed E-state index contributed by atoms with van der Waals surface area (Å²) < 4.78 is 5.59. The van der Waals surface area contributed by atoms with E-state index in [0.717, 1.165) is 21.8 Å². The highest BCUT2D eigenvalue weighted by atomic mass is 35.5. The van der Waals surface area contributed by atoms with Gasteiger partial charge in [0.2, 0.25) is 0 Å². The summed E-state index contributed by atoms with van der Waals surface area (Å²) in [5.41, 5.74) is 2.71. The predicted molar refractivity (Wildman–Crippen MR) is 105 cm³/mol. The van der Waals surface area contributed by atoms with Crippen molar-refractivity contribution in [1.29, 1.82) is 0 Å². The first-order chi connectivity index (χ1) is 12.7. The smallest absolute Gasteiger partial charge is 0.251 e. The molecule has 3 aromatic carbocycles. The van der Waals surface area contributed by atoms with Crippen LogP contribution in [0, 0.1) is 0 Å². The van der Waals surface area contributed by atoms with E-state index in [0.29, 0.717) is 29.5 Å². The van der Waals surface area contributed by atoms with Crippen LogP contribution in [-0.4, -0.2) is 24.0 Å². The number of amides is 1. The molecule has 5 heteroatoms. The molecule has 0 unspecified atom stereocenters. The number of ether oxygens (including phenoxy) is 1. The van der Waals surface area contributed by atoms with Crippen LogP contribution in [0.2, 0.25) is 5.02 Å². The minimum atomic E-state index is -0.125. The number of para-hydroxylation sites is 2. The largest absolute Gasteiger partial charge is 0.490 e. The second kappa shape index (κ2) is 7.10. The van der Waals surface area contributed by atoms with Crippen LogP contribution in [0.25, 0.3) is 21.8 Å². The number of hydrogen-bond acceptors (Lipinski definition) is 2. The molecule has 1 heterocycles. The Morgan fingerprint density at radius 3 is 2.62 bits per heavy atom. The highest BCUT2D eigenvalue weighted by Gasteiger charge is 2.09. The average Bonchev–Trinajstić information content (AvgIpc) is 3.04. The van der Waals surface area contributed by atoms with Gasteiger partial charge in [-0.1, -0.05) is 41.9 Å². The first-order valence-electron chi connectivity index (χ1n) is 8.38. The van der Waals surface area contributed by atoms with Crippen molar-refractivity contribution in [2.75, 3.05) is 13.2 Å². The molecule has 2 N–H and O–H groups in total. The van der Waals surface area contributed by atoms with E-state index in [-0.39, 0.29) is 5.91 Å². The number of carbonyl (C=O) groups excluding carboxylic acids is 1. The molecule has 0 aliphatic heterocycles. The molecule has 4 aromatic rings. The molecule has 4 rings (SSSR count). The molecule has 0 aliphatic rings. The molecule has 130 valence electrons. The molecule has 0 radical (unpaired) electrons. The Labute approximate surface area is 155 Å². The van der Waals surface area contributed by atoms with Crippen LogP contribution in [0.4, 0.5) is 0 Å². The van der Waals surface area contributed by atoms with E-state index in [2.05, 4.69) is 10.3 Å². The second-order valence-corrected chi connectivity index (χ2v) is 6.37. The van der Waals surface area contributed by atoms with Gasteiger partial charge in [0.1, 0.15) is 12.4 Å². The lowest BCUT2D eigenvalue weighted by Crippen LogP contribution is -2.28. The monoisotopic (exact) mass is 364 g/mol. The first kappa shape index (κ1) is 16.5. The molecular formula is C21H17ClN2O2. The quantitative estimate of drug-likeness (QED) is 0.500. The van der Waals surface area contributed by atoms with Crippen LogP contribution >= 0.6 is 11.6 Å². The van der Waals surface area contributed by atoms with Crippen molar-refractivity contribution in [3.05, 3.63) is 77.3 Å². The van der Waals surface area contributed by atoms with Crippen molar-refractivity contribution in [2.24, 2.45) is 0 Å². The summed E-state index contributed by atoms with van der Waals surface area (Å²) in [6.07, 6.45) is 0. The predicted octanol–water partition coefficient (Wildman–Crippen LogP) is 4.78. The van der Waals surface area contributed by atoms with E-state index in [1.807, 2.05) is 54.6 Å². The fraction of sp³-hybridized carbons (Fsp3) is 0.0952. The van der Waals surface area contributed by atoms with Crippen LogP contribution in [0.5, 0.6) is 5.75 Å². The van der Waals surface area contributed by atoms with Crippen LogP contribution in [0.3, 0.4) is 0 Å². The van der Waals surface area contributed by atoms with Gasteiger partial charge in [-0.3, -0.25) is 4.79 Å². The summed E-state index contributed by atoms with van der Waals surface area (Å²) in [6.45, 7) is 0.751. The zero-order valence-corrected chi connectivity index (χ0v) is 14.7. The van der Waals surface area contributed by atoms with Gasteiger partial charge in [0, 0.05) is 27.4 Å². The maximum absolute atomic E-state index is 12.4. The first-order valence-corrected chi connectivity index (χ1v) is 8.76. The van der Waals surface area contributed by atoms with E-state index >= 15 is 0 Å². The minimum Gasteiger partial charge on any atom is -0.490 e. The number of rotatable bonds is 5. The molecule has 0 aliphatic carbocycles. The number of halogens is 1. The molecule has 4 nitrogen and oxygen atoms in total. The molecule has 0 saturated carbocycles. The van der Waals surface area contributed by atoms with E-state index in [9.17, 15) is 4.79 Å². The summed E-state index contributed by atoms with van der Waals surface area (Å²) >= 11 is 6.04. The third-order valence-corrected chi connectivity index (χ3v) is 4.56. The van der Waals surface area contributed by atoms with E-state index in [4.69, 9.17) is 16.3 Å². The minimum absolute atomic E-state index is 0.125. The van der Waals surface area contributed by atoms with Crippen LogP contribution in [0.1, 0.15) is 10.4 Å². The summed E-state index contributed by atoms with van der Waals surface area (Å²) in [7, 11) is 0. The van der Waals surface area contributed by atoms with Crippen molar-refractivity contribution < 1.29 is 9.53 Å². The van der Waals surface area contributed by atoms with Crippen LogP contribution < -0.4 is 10.1 Å². The number of H-pyrrole nitrogens is 1. The summed E-state index contributed by atoms with van der Waals surface area (Å²) in [5, 5.41) is 5.59. The van der Waals surface area contributed by atoms with Gasteiger partial charge in [0.25, 0.3) is 5.91 Å². The lowest BCUT2D eigenvalue weighted by molar-refractivity contribution is 0.0947. The van der Waals surface area contributed by atoms with E-state index < -0.39 is 0 Å². The summed E-state index contributed by atoms with van der Waals surface area (Å²) in [5.74, 6) is 0.489. The standard InChI is InChI=1S/C21H17ClN2O2/c22-17-6-2-4-8-20(17)26-12-11-23-21(25)14-9-10-19-16(13-14)15-5-1-3-7-18(15)24-19/h1-10,13,24H,11-12H2,(H,23,25). The van der Waals surface area contributed by atoms with Crippen LogP contribution in [-0.2, 0) is 0 Å². The zero-order chi connectivity index (χ0) is 17.9. The second-order valence-electron chi connectivity index (χ2n) is 5.97. The van der Waals surface area contributed by atoms with Crippen molar-refractivity contribution in [1.82, 2.24) is 10.3 Å². The fourth-order valence-corrected chi connectivity index (χ4v) is 3.17. The number of fused-ring (bicyclic) bond motifs is 3. The third kappa shape index (κ3) is 3.24. The molecule has 0 fully saturated rings. The molecule has 1 amide bonds. The highest BCUT2D eigenvalue weighted by Crippen LogP contribution is 2.26. The normalized spacial score (nSPS) is 11.0. The summed E-state index contributed by atoms with van der Waals surface area (Å²) in [4.78, 5) is 15.8. The zero-order valence-electron chi connectivity index (χ0n) is 14.0. The Bertz CT molecular complexity index is 1090. The van der Waals surface area contributed by atoms with Crippen LogP contribution in [0.15, 0.2) is 66.7 Å². The van der Waals surface area contributed by atoms with Gasteiger partial charge in [-0.05, 0) is 36.4 Å². The van der Waals surface area contributed by atoms with Gasteiger partial charge in [0.05, 0.1) is 11.6 Å². The number of aromatic nitrogens is 1. The number of carbonyl (C=O) groups is 1. The van der Waals surface area contributed by atoms with Gasteiger partial charge < -0.3 is 15.0 Å². The Balaban J connectivity index is 1.43. The van der Waals surface area contributed by atoms with Crippen molar-refractivity contribution in [3.8, 4) is 5.75 Å². The Hall–Kier alpha value is -2.98. The lowest BCUT2D eigenvalue weighted by Gasteiger charge is -2.09. The maximum atomic E-state index is 12.4. The topological polar surface area (TPSA) is 54.1 Å². The highest BCUT2D eigenvalue weighted by molar-refractivity contribution is 6.32. The number of nitrogens with one attached hydrogen (secondary N) is 2. The maximum Gasteiger partial charge on any atom is 0.251 e. The SMILES string of the molecule is O=C(NCCOc1ccccc1Cl)c1ccc2[nH]c3ccccc3c2c1. The van der Waals surface area contributed by atoms with Crippen molar-refractivity contribution in [2.45, 2.75) is 0 Å². The molecule has 0 saturated heterocycles. The van der Waals surface area contributed by atoms with Gasteiger partial charge in [-0.2, -0.15) is 0 Å². The van der Waals surface area contributed by atoms with E-state index in [1.165, 1.54) is 0 Å². The van der Waals surface area contributed by atoms with Gasteiger partial charge in [-0.25, -0.2) is 0 Å². The van der Waals surface area contributed by atoms with Gasteiger partial charge >= 0.3 is 0 Å². The van der Waals surface area contributed by atoms with Gasteiger partial charge in [-0.15, -0.1) is 0 Å². The number of aromatic amines is 1. The molecule has 0 spiro atoms. The third-order valence-electron chi connectivity index (χ3n) is 4.25. The van der Waals surface area contributed by atoms with Gasteiger partial charge in [0.15, 0.2) is 0 Å². The molecule has 0 atom stereocenters. The number of hydrogen-bond donors (Lipinski definition) is 2. The Kier molecular flexibility index (Phi) is 4.50. The molecule has 26 heavy (non-hydrogen) atoms. The molecular weight excluding hydrogens is 348 g/mol. The van der Waals surface area contributed by atoms with Crippen molar-refractivity contribution in [3.63, 3.8) is 0 Å². The van der Waals surface area contributed by atoms with E-state index in [1.54, 1.807) is 12.1 Å². The average molecular weight is 365 g/mol. The molecule has 0 bridgehead atoms. The lowest BCUT2D eigenvalue weighted by atomic mass is 10.1.